The van der Waals surface area contributed by atoms with Gasteiger partial charge in [-0.05, 0) is 6.92 Å². The van der Waals surface area contributed by atoms with Crippen LogP contribution in [0.3, 0.4) is 0 Å². The Labute approximate surface area is 86.7 Å². The van der Waals surface area contributed by atoms with Crippen LogP contribution in [0.1, 0.15) is 12.6 Å². The molecule has 82 valence electrons. The minimum absolute atomic E-state index is 0.401. The van der Waals surface area contributed by atoms with Crippen LogP contribution in [0.2, 0.25) is 0 Å². The van der Waals surface area contributed by atoms with Crippen LogP contribution in [0.25, 0.3) is 0 Å². The molecule has 1 aromatic heterocycles. The van der Waals surface area contributed by atoms with Gasteiger partial charge in [-0.1, -0.05) is 0 Å². The number of carboxylic acids is 1. The van der Waals surface area contributed by atoms with E-state index in [2.05, 4.69) is 15.3 Å². The maximum absolute atomic E-state index is 11.2. The highest BCUT2D eigenvalue weighted by Gasteiger charge is 2.19. The van der Waals surface area contributed by atoms with Gasteiger partial charge in [-0.2, -0.15) is 0 Å². The van der Waals surface area contributed by atoms with Crippen molar-refractivity contribution in [2.24, 2.45) is 5.92 Å². The van der Waals surface area contributed by atoms with Crippen molar-refractivity contribution >= 4 is 11.9 Å². The number of H-pyrrole nitrogens is 1. The quantitative estimate of drug-likeness (QED) is 0.587. The molecular weight excluding hydrogens is 198 g/mol. The summed E-state index contributed by atoms with van der Waals surface area (Å²) in [6.45, 7) is 1.76. The fraction of sp³-hybridized carbons (Fsp3) is 0.444. The zero-order valence-electron chi connectivity index (χ0n) is 8.36. The average molecular weight is 211 g/mol. The monoisotopic (exact) mass is 211 g/mol. The standard InChI is InChI=1S/C9H13N3O3/c1-6(9(14)15)8(13)11-3-2-7-4-10-5-12-7/h4-6H,2-3H2,1H3,(H,10,12)(H,11,13)(H,14,15). The molecule has 0 aliphatic heterocycles. The van der Waals surface area contributed by atoms with E-state index >= 15 is 0 Å². The van der Waals surface area contributed by atoms with Crippen LogP contribution in [0.4, 0.5) is 0 Å². The van der Waals surface area contributed by atoms with Gasteiger partial charge in [0.15, 0.2) is 0 Å². The van der Waals surface area contributed by atoms with Gasteiger partial charge in [0.2, 0.25) is 5.91 Å². The van der Waals surface area contributed by atoms with Crippen molar-refractivity contribution in [3.8, 4) is 0 Å². The number of rotatable bonds is 5. The molecule has 1 amide bonds. The van der Waals surface area contributed by atoms with Gasteiger partial charge in [-0.3, -0.25) is 9.59 Å². The van der Waals surface area contributed by atoms with E-state index in [1.54, 1.807) is 12.5 Å². The number of carboxylic acid groups (broad SMARTS) is 1. The van der Waals surface area contributed by atoms with Gasteiger partial charge in [0.1, 0.15) is 5.92 Å². The molecule has 0 bridgehead atoms. The van der Waals surface area contributed by atoms with Crippen molar-refractivity contribution in [3.63, 3.8) is 0 Å². The smallest absolute Gasteiger partial charge is 0.315 e. The molecule has 6 nitrogen and oxygen atoms in total. The van der Waals surface area contributed by atoms with Crippen molar-refractivity contribution < 1.29 is 14.7 Å². The number of aromatic amines is 1. The SMILES string of the molecule is CC(C(=O)O)C(=O)NCCc1cnc[nH]1. The largest absolute Gasteiger partial charge is 0.481 e. The van der Waals surface area contributed by atoms with Gasteiger partial charge in [0.05, 0.1) is 6.33 Å². The highest BCUT2D eigenvalue weighted by atomic mass is 16.4. The average Bonchev–Trinajstić information content (AvgIpc) is 2.69. The van der Waals surface area contributed by atoms with E-state index in [4.69, 9.17) is 5.11 Å². The van der Waals surface area contributed by atoms with Crippen LogP contribution in [-0.4, -0.2) is 33.5 Å². The number of nitrogens with zero attached hydrogens (tertiary/aromatic N) is 1. The number of amides is 1. The number of imidazole rings is 1. The second kappa shape index (κ2) is 5.14. The minimum Gasteiger partial charge on any atom is -0.481 e. The molecule has 3 N–H and O–H groups in total. The molecule has 0 aromatic carbocycles. The lowest BCUT2D eigenvalue weighted by Gasteiger charge is -2.07. The van der Waals surface area contributed by atoms with E-state index in [9.17, 15) is 9.59 Å². The number of hydrogen-bond donors (Lipinski definition) is 3. The molecule has 0 saturated carbocycles. The first-order valence-corrected chi connectivity index (χ1v) is 4.59. The van der Waals surface area contributed by atoms with E-state index in [1.807, 2.05) is 0 Å². The molecular formula is C9H13N3O3. The maximum atomic E-state index is 11.2. The first-order valence-electron chi connectivity index (χ1n) is 4.59. The third-order valence-corrected chi connectivity index (χ3v) is 2.01. The summed E-state index contributed by atoms with van der Waals surface area (Å²) in [4.78, 5) is 28.4. The molecule has 0 saturated heterocycles. The zero-order valence-corrected chi connectivity index (χ0v) is 8.36. The third kappa shape index (κ3) is 3.41. The molecule has 1 unspecified atom stereocenters. The van der Waals surface area contributed by atoms with Gasteiger partial charge in [-0.15, -0.1) is 0 Å². The van der Waals surface area contributed by atoms with Gasteiger partial charge >= 0.3 is 5.97 Å². The molecule has 0 aliphatic carbocycles. The summed E-state index contributed by atoms with van der Waals surface area (Å²) in [5, 5.41) is 11.1. The normalized spacial score (nSPS) is 12.1. The molecule has 0 fully saturated rings. The van der Waals surface area contributed by atoms with Gasteiger partial charge < -0.3 is 15.4 Å². The summed E-state index contributed by atoms with van der Waals surface area (Å²) < 4.78 is 0. The number of aromatic nitrogens is 2. The van der Waals surface area contributed by atoms with E-state index in [-0.39, 0.29) is 0 Å². The Bertz CT molecular complexity index is 334. The highest BCUT2D eigenvalue weighted by Crippen LogP contribution is 1.95. The van der Waals surface area contributed by atoms with Crippen LogP contribution < -0.4 is 5.32 Å². The van der Waals surface area contributed by atoms with Crippen molar-refractivity contribution in [2.45, 2.75) is 13.3 Å². The van der Waals surface area contributed by atoms with Crippen molar-refractivity contribution in [1.82, 2.24) is 15.3 Å². The van der Waals surface area contributed by atoms with Crippen molar-refractivity contribution in [3.05, 3.63) is 18.2 Å². The molecule has 1 atom stereocenters. The molecule has 1 rings (SSSR count). The Balaban J connectivity index is 2.26. The maximum Gasteiger partial charge on any atom is 0.315 e. The lowest BCUT2D eigenvalue weighted by molar-refractivity contribution is -0.146. The third-order valence-electron chi connectivity index (χ3n) is 2.01. The summed E-state index contributed by atoms with van der Waals surface area (Å²) in [5.41, 5.74) is 0.901. The fourth-order valence-corrected chi connectivity index (χ4v) is 1.01. The van der Waals surface area contributed by atoms with Crippen molar-refractivity contribution in [1.29, 1.82) is 0 Å². The molecule has 0 radical (unpaired) electrons. The lowest BCUT2D eigenvalue weighted by Crippen LogP contribution is -2.34. The Kier molecular flexibility index (Phi) is 3.84. The fourth-order valence-electron chi connectivity index (χ4n) is 1.01. The molecule has 15 heavy (non-hydrogen) atoms. The summed E-state index contributed by atoms with van der Waals surface area (Å²) in [5.74, 6) is -2.59. The highest BCUT2D eigenvalue weighted by molar-refractivity contribution is 5.96. The molecule has 0 aliphatic rings. The van der Waals surface area contributed by atoms with E-state index in [0.717, 1.165) is 5.69 Å². The van der Waals surface area contributed by atoms with Crippen LogP contribution in [0.5, 0.6) is 0 Å². The van der Waals surface area contributed by atoms with E-state index in [0.29, 0.717) is 13.0 Å². The summed E-state index contributed by atoms with van der Waals surface area (Å²) in [7, 11) is 0. The predicted molar refractivity (Wildman–Crippen MR) is 52.1 cm³/mol. The Morgan fingerprint density at radius 3 is 2.93 bits per heavy atom. The second-order valence-corrected chi connectivity index (χ2v) is 3.18. The summed E-state index contributed by atoms with van der Waals surface area (Å²) in [6, 6.07) is 0. The van der Waals surface area contributed by atoms with Crippen molar-refractivity contribution in [2.75, 3.05) is 6.54 Å². The number of aliphatic carboxylic acids is 1. The van der Waals surface area contributed by atoms with Crippen LogP contribution >= 0.6 is 0 Å². The van der Waals surface area contributed by atoms with Crippen LogP contribution in [0, 0.1) is 5.92 Å². The Morgan fingerprint density at radius 2 is 2.40 bits per heavy atom. The zero-order chi connectivity index (χ0) is 11.3. The number of nitrogens with one attached hydrogen (secondary N) is 2. The second-order valence-electron chi connectivity index (χ2n) is 3.18. The first-order chi connectivity index (χ1) is 7.11. The van der Waals surface area contributed by atoms with Gasteiger partial charge in [0, 0.05) is 24.9 Å². The first kappa shape index (κ1) is 11.2. The number of carbonyl (C=O) groups excluding carboxylic acids is 1. The molecule has 0 spiro atoms. The van der Waals surface area contributed by atoms with E-state index < -0.39 is 17.8 Å². The Hall–Kier alpha value is -1.85. The Morgan fingerprint density at radius 1 is 1.67 bits per heavy atom. The van der Waals surface area contributed by atoms with Crippen LogP contribution in [0.15, 0.2) is 12.5 Å². The van der Waals surface area contributed by atoms with Gasteiger partial charge in [-0.25, -0.2) is 4.98 Å². The molecule has 1 heterocycles. The lowest BCUT2D eigenvalue weighted by atomic mass is 10.1. The van der Waals surface area contributed by atoms with Crippen LogP contribution in [-0.2, 0) is 16.0 Å². The summed E-state index contributed by atoms with van der Waals surface area (Å²) >= 11 is 0. The minimum atomic E-state index is -1.12. The molecule has 1 aromatic rings. The van der Waals surface area contributed by atoms with E-state index in [1.165, 1.54) is 6.92 Å². The number of hydrogen-bond acceptors (Lipinski definition) is 3. The number of carbonyl (C=O) groups is 2. The predicted octanol–water partition coefficient (Wildman–Crippen LogP) is -0.211. The molecule has 6 heteroatoms. The topological polar surface area (TPSA) is 95.1 Å². The van der Waals surface area contributed by atoms with Gasteiger partial charge in [0.25, 0.3) is 0 Å². The summed E-state index contributed by atoms with van der Waals surface area (Å²) in [6.07, 6.45) is 3.82.